The lowest BCUT2D eigenvalue weighted by Gasteiger charge is -2.22. The molecule has 1 aromatic heterocycles. The molecule has 6 rings (SSSR count). The van der Waals surface area contributed by atoms with E-state index in [2.05, 4.69) is 54.6 Å². The third kappa shape index (κ3) is 5.18. The summed E-state index contributed by atoms with van der Waals surface area (Å²) < 4.78 is 51.7. The smallest absolute Gasteiger partial charge is 0.364 e. The molecule has 0 fully saturated rings. The first-order valence-electron chi connectivity index (χ1n) is 11.8. The zero-order valence-electron chi connectivity index (χ0n) is 20.4. The zero-order chi connectivity index (χ0) is 26.2. The second-order valence-corrected chi connectivity index (χ2v) is 9.64. The molecule has 0 aliphatic heterocycles. The topological polar surface area (TPSA) is 122 Å². The van der Waals surface area contributed by atoms with Crippen LogP contribution in [0.25, 0.3) is 33.8 Å². The van der Waals surface area contributed by atoms with E-state index in [0.29, 0.717) is 0 Å². The molecule has 7 nitrogen and oxygen atoms in total. The van der Waals surface area contributed by atoms with Gasteiger partial charge in [-0.3, -0.25) is 0 Å². The number of benzene rings is 3. The normalized spacial score (nSPS) is 13.2. The Morgan fingerprint density at radius 1 is 0.649 bits per heavy atom. The molecule has 190 valence electrons. The van der Waals surface area contributed by atoms with E-state index < -0.39 is 10.2 Å². The van der Waals surface area contributed by atoms with E-state index in [1.165, 1.54) is 44.5 Å². The quantitative estimate of drug-likeness (QED) is 0.379. The van der Waals surface area contributed by atoms with Gasteiger partial charge in [-0.15, -0.1) is 10.2 Å². The van der Waals surface area contributed by atoms with Crippen LogP contribution in [0.4, 0.5) is 0 Å². The fourth-order valence-electron chi connectivity index (χ4n) is 5.27. The highest BCUT2D eigenvalue weighted by molar-refractivity contribution is 5.86. The summed E-state index contributed by atoms with van der Waals surface area (Å²) in [6.07, 6.45) is 3.90. The van der Waals surface area contributed by atoms with Crippen LogP contribution in [0.15, 0.2) is 71.1 Å². The SMILES string of the molecule is COc1ccc2c(c1)CCc1c-2[o+]c2c(c1-c1ccccc1)CCc1cc(OC)ccc1-2.[O-][Cl+3]([O-])([O-])[O-]. The van der Waals surface area contributed by atoms with E-state index >= 15 is 0 Å². The van der Waals surface area contributed by atoms with Gasteiger partial charge in [0.05, 0.1) is 36.5 Å². The maximum Gasteiger partial charge on any atom is 0.364 e. The summed E-state index contributed by atoms with van der Waals surface area (Å²) in [5.74, 6) is 3.78. The van der Waals surface area contributed by atoms with Crippen LogP contribution < -0.4 is 28.1 Å². The molecule has 0 atom stereocenters. The summed E-state index contributed by atoms with van der Waals surface area (Å²) >= 11 is 0. The maximum absolute atomic E-state index is 8.49. The third-order valence-electron chi connectivity index (χ3n) is 6.82. The Balaban J connectivity index is 0.000000514. The molecule has 0 radical (unpaired) electrons. The van der Waals surface area contributed by atoms with E-state index in [1.54, 1.807) is 14.2 Å². The molecule has 0 N–H and O–H groups in total. The fraction of sp³-hybridized carbons (Fsp3) is 0.207. The Bertz CT molecular complexity index is 1360. The lowest BCUT2D eigenvalue weighted by Crippen LogP contribution is -2.68. The van der Waals surface area contributed by atoms with E-state index in [0.717, 1.165) is 48.7 Å². The van der Waals surface area contributed by atoms with Gasteiger partial charge in [-0.05, 0) is 78.8 Å². The van der Waals surface area contributed by atoms with Gasteiger partial charge in [-0.25, -0.2) is 23.1 Å². The Labute approximate surface area is 216 Å². The van der Waals surface area contributed by atoms with Gasteiger partial charge in [0, 0.05) is 5.56 Å². The fourth-order valence-corrected chi connectivity index (χ4v) is 5.27. The predicted molar refractivity (Wildman–Crippen MR) is 127 cm³/mol. The standard InChI is InChI=1S/C29H25O3.ClHO4/c1-30-21-10-14-23-19(16-21)8-12-25-27(18-6-4-3-5-7-18)26-13-9-20-17-22(31-2)11-15-24(20)29(26)32-28(23)25;2-1(3,4)5/h3-7,10-11,14-17H,8-9,12-13H2,1-2H3;(H,2,3,4,5)/q+1;/p-1. The largest absolute Gasteiger partial charge is 0.497 e. The molecule has 0 spiro atoms. The molecule has 0 amide bonds. The number of hydrogen-bond donors (Lipinski definition) is 0. The number of aryl methyl sites for hydroxylation is 2. The molecule has 2 aliphatic carbocycles. The summed E-state index contributed by atoms with van der Waals surface area (Å²) in [7, 11) is -1.50. The van der Waals surface area contributed by atoms with Gasteiger partial charge in [0.2, 0.25) is 0 Å². The molecule has 0 saturated heterocycles. The van der Waals surface area contributed by atoms with E-state index in [4.69, 9.17) is 32.5 Å². The van der Waals surface area contributed by atoms with Gasteiger partial charge in [-0.2, -0.15) is 0 Å². The van der Waals surface area contributed by atoms with Gasteiger partial charge in [0.1, 0.15) is 11.5 Å². The Morgan fingerprint density at radius 2 is 1.11 bits per heavy atom. The number of rotatable bonds is 3. The van der Waals surface area contributed by atoms with Crippen LogP contribution in [0.1, 0.15) is 22.3 Å². The second-order valence-electron chi connectivity index (χ2n) is 8.88. The second kappa shape index (κ2) is 10.1. The highest BCUT2D eigenvalue weighted by Crippen LogP contribution is 2.48. The van der Waals surface area contributed by atoms with E-state index in [9.17, 15) is 0 Å². The first-order chi connectivity index (χ1) is 17.8. The Morgan fingerprint density at radius 3 is 1.54 bits per heavy atom. The molecule has 37 heavy (non-hydrogen) atoms. The van der Waals surface area contributed by atoms with Gasteiger partial charge in [0.25, 0.3) is 0 Å². The minimum Gasteiger partial charge on any atom is -0.497 e. The molecule has 8 heteroatoms. The molecular formula is C29H25ClO7. The summed E-state index contributed by atoms with van der Waals surface area (Å²) in [5.41, 5.74) is 10.2. The molecule has 0 bridgehead atoms. The molecule has 0 saturated carbocycles. The minimum absolute atomic E-state index is 0.894. The van der Waals surface area contributed by atoms with Crippen molar-refractivity contribution in [2.75, 3.05) is 14.2 Å². The lowest BCUT2D eigenvalue weighted by molar-refractivity contribution is -2.00. The number of ether oxygens (including phenoxy) is 2. The summed E-state index contributed by atoms with van der Waals surface area (Å²) in [6.45, 7) is 0. The third-order valence-corrected chi connectivity index (χ3v) is 6.82. The van der Waals surface area contributed by atoms with Crippen molar-refractivity contribution in [2.24, 2.45) is 0 Å². The molecule has 3 aromatic carbocycles. The highest BCUT2D eigenvalue weighted by Gasteiger charge is 2.38. The van der Waals surface area contributed by atoms with Crippen LogP contribution in [-0.4, -0.2) is 14.2 Å². The minimum atomic E-state index is -4.94. The summed E-state index contributed by atoms with van der Waals surface area (Å²) in [5, 5.41) is 0. The molecule has 1 heterocycles. The monoisotopic (exact) mass is 520 g/mol. The Kier molecular flexibility index (Phi) is 6.90. The van der Waals surface area contributed by atoms with Crippen LogP contribution in [0.3, 0.4) is 0 Å². The number of fused-ring (bicyclic) bond motifs is 6. The van der Waals surface area contributed by atoms with Gasteiger partial charge in [0.15, 0.2) is 0 Å². The predicted octanol–water partition coefficient (Wildman–Crippen LogP) is 2.02. The van der Waals surface area contributed by atoms with Crippen LogP contribution in [0, 0.1) is 10.2 Å². The molecule has 4 aromatic rings. The molecule has 2 aliphatic rings. The van der Waals surface area contributed by atoms with E-state index in [1.807, 2.05) is 12.1 Å². The Hall–Kier alpha value is -3.46. The van der Waals surface area contributed by atoms with Crippen molar-refractivity contribution < 1.29 is 42.8 Å². The van der Waals surface area contributed by atoms with Crippen LogP contribution in [0.5, 0.6) is 11.5 Å². The van der Waals surface area contributed by atoms with Crippen LogP contribution in [-0.2, 0) is 25.7 Å². The zero-order valence-corrected chi connectivity index (χ0v) is 21.2. The highest BCUT2D eigenvalue weighted by atomic mass is 35.7. The van der Waals surface area contributed by atoms with Crippen molar-refractivity contribution in [3.05, 3.63) is 89.0 Å². The van der Waals surface area contributed by atoms with Gasteiger partial charge >= 0.3 is 11.5 Å². The number of methoxy groups -OCH3 is 2. The van der Waals surface area contributed by atoms with Crippen LogP contribution in [0.2, 0.25) is 0 Å². The molecule has 0 unspecified atom stereocenters. The average molecular weight is 521 g/mol. The first kappa shape index (κ1) is 25.2. The van der Waals surface area contributed by atoms with Crippen molar-refractivity contribution in [1.82, 2.24) is 0 Å². The lowest BCUT2D eigenvalue weighted by atomic mass is 9.79. The van der Waals surface area contributed by atoms with Gasteiger partial charge < -0.3 is 9.47 Å². The number of hydrogen-bond acceptors (Lipinski definition) is 6. The van der Waals surface area contributed by atoms with Crippen molar-refractivity contribution in [3.8, 4) is 45.3 Å². The summed E-state index contributed by atoms with van der Waals surface area (Å²) in [6, 6.07) is 23.4. The van der Waals surface area contributed by atoms with Crippen molar-refractivity contribution in [2.45, 2.75) is 25.7 Å². The number of halogens is 1. The van der Waals surface area contributed by atoms with Gasteiger partial charge in [-0.1, -0.05) is 30.3 Å². The van der Waals surface area contributed by atoms with Crippen molar-refractivity contribution in [3.63, 3.8) is 0 Å². The maximum atomic E-state index is 8.49. The molecular weight excluding hydrogens is 496 g/mol. The summed E-state index contributed by atoms with van der Waals surface area (Å²) in [4.78, 5) is 0. The van der Waals surface area contributed by atoms with Crippen molar-refractivity contribution in [1.29, 1.82) is 0 Å². The average Bonchev–Trinajstić information content (AvgIpc) is 2.90. The first-order valence-corrected chi connectivity index (χ1v) is 13.0. The van der Waals surface area contributed by atoms with Crippen LogP contribution >= 0.6 is 0 Å². The van der Waals surface area contributed by atoms with E-state index in [-0.39, 0.29) is 0 Å². The van der Waals surface area contributed by atoms with Crippen molar-refractivity contribution >= 4 is 0 Å².